The molecule has 0 fully saturated rings. The highest BCUT2D eigenvalue weighted by molar-refractivity contribution is 6.30. The van der Waals surface area contributed by atoms with Gasteiger partial charge in [0.05, 0.1) is 0 Å². The lowest BCUT2D eigenvalue weighted by molar-refractivity contribution is -0.199. The molecule has 0 saturated carbocycles. The highest BCUT2D eigenvalue weighted by Gasteiger charge is 2.46. The van der Waals surface area contributed by atoms with E-state index in [9.17, 15) is 0 Å². The number of rotatable bonds is 2. The Hall–Kier alpha value is -1.61. The van der Waals surface area contributed by atoms with Crippen molar-refractivity contribution >= 4 is 17.2 Å². The number of hydrogen-bond donors (Lipinski definition) is 0. The highest BCUT2D eigenvalue weighted by Crippen LogP contribution is 2.50. The number of ether oxygens (including phenoxy) is 2. The molecule has 0 saturated heterocycles. The van der Waals surface area contributed by atoms with Crippen LogP contribution in [0.3, 0.4) is 0 Å². The van der Waals surface area contributed by atoms with Gasteiger partial charge in [-0.3, -0.25) is 0 Å². The van der Waals surface area contributed by atoms with Gasteiger partial charge in [0.2, 0.25) is 0 Å². The van der Waals surface area contributed by atoms with Crippen LogP contribution in [0.4, 0.5) is 0 Å². The SMILES string of the molecule is CO[C@]12C=C(c3ccc(Cl)cc3)[C@H](O1)c1ccccc1C2. The number of halogens is 1. The topological polar surface area (TPSA) is 18.5 Å². The lowest BCUT2D eigenvalue weighted by atomic mass is 9.93. The van der Waals surface area contributed by atoms with Crippen LogP contribution in [0.15, 0.2) is 54.6 Å². The Morgan fingerprint density at radius 1 is 1.14 bits per heavy atom. The number of hydrogen-bond acceptors (Lipinski definition) is 2. The van der Waals surface area contributed by atoms with Gasteiger partial charge in [0.15, 0.2) is 5.79 Å². The van der Waals surface area contributed by atoms with Gasteiger partial charge in [0.1, 0.15) is 6.10 Å². The molecule has 2 nitrogen and oxygen atoms in total. The second-order valence-electron chi connectivity index (χ2n) is 5.50. The van der Waals surface area contributed by atoms with Crippen molar-refractivity contribution in [1.29, 1.82) is 0 Å². The van der Waals surface area contributed by atoms with E-state index in [1.807, 2.05) is 24.3 Å². The van der Waals surface area contributed by atoms with Gasteiger partial charge >= 0.3 is 0 Å². The van der Waals surface area contributed by atoms with E-state index in [4.69, 9.17) is 21.1 Å². The summed E-state index contributed by atoms with van der Waals surface area (Å²) in [6.45, 7) is 0. The van der Waals surface area contributed by atoms with Gasteiger partial charge in [0.25, 0.3) is 0 Å². The normalized spacial score (nSPS) is 26.4. The second kappa shape index (κ2) is 4.70. The molecule has 0 N–H and O–H groups in total. The van der Waals surface area contributed by atoms with Gasteiger partial charge in [0, 0.05) is 18.6 Å². The van der Waals surface area contributed by atoms with Crippen LogP contribution in [-0.4, -0.2) is 12.9 Å². The summed E-state index contributed by atoms with van der Waals surface area (Å²) in [5, 5.41) is 0.739. The van der Waals surface area contributed by atoms with Gasteiger partial charge in [-0.2, -0.15) is 0 Å². The molecule has 0 aromatic heterocycles. The van der Waals surface area contributed by atoms with Gasteiger partial charge < -0.3 is 9.47 Å². The lowest BCUT2D eigenvalue weighted by Crippen LogP contribution is -2.36. The van der Waals surface area contributed by atoms with Crippen LogP contribution in [0.5, 0.6) is 0 Å². The molecule has 3 heteroatoms. The third-order valence-corrected chi connectivity index (χ3v) is 4.52. The van der Waals surface area contributed by atoms with Crippen LogP contribution in [-0.2, 0) is 15.9 Å². The zero-order valence-electron chi connectivity index (χ0n) is 11.7. The van der Waals surface area contributed by atoms with Crippen LogP contribution < -0.4 is 0 Å². The van der Waals surface area contributed by atoms with Crippen molar-refractivity contribution in [3.05, 3.63) is 76.3 Å². The van der Waals surface area contributed by atoms with Crippen molar-refractivity contribution in [2.45, 2.75) is 18.3 Å². The summed E-state index contributed by atoms with van der Waals surface area (Å²) in [6.07, 6.45) is 2.78. The third-order valence-electron chi connectivity index (χ3n) is 4.27. The Labute approximate surface area is 129 Å². The number of benzene rings is 2. The predicted molar refractivity (Wildman–Crippen MR) is 83.1 cm³/mol. The van der Waals surface area contributed by atoms with Crippen LogP contribution in [0.1, 0.15) is 22.8 Å². The summed E-state index contributed by atoms with van der Waals surface area (Å²) in [4.78, 5) is 0. The molecule has 2 aromatic rings. The van der Waals surface area contributed by atoms with E-state index in [-0.39, 0.29) is 6.10 Å². The van der Waals surface area contributed by atoms with Gasteiger partial charge in [-0.25, -0.2) is 0 Å². The van der Waals surface area contributed by atoms with E-state index >= 15 is 0 Å². The molecule has 2 heterocycles. The average Bonchev–Trinajstić information content (AvgIpc) is 2.83. The molecule has 4 rings (SSSR count). The zero-order valence-corrected chi connectivity index (χ0v) is 12.4. The molecular weight excluding hydrogens is 284 g/mol. The molecule has 2 bridgehead atoms. The monoisotopic (exact) mass is 298 g/mol. The van der Waals surface area contributed by atoms with Crippen LogP contribution in [0.25, 0.3) is 5.57 Å². The fraction of sp³-hybridized carbons (Fsp3) is 0.222. The lowest BCUT2D eigenvalue weighted by Gasteiger charge is -2.33. The molecule has 0 unspecified atom stereocenters. The van der Waals surface area contributed by atoms with Crippen molar-refractivity contribution in [2.75, 3.05) is 7.11 Å². The van der Waals surface area contributed by atoms with E-state index in [0.717, 1.165) is 22.6 Å². The van der Waals surface area contributed by atoms with Crippen molar-refractivity contribution in [3.8, 4) is 0 Å². The average molecular weight is 299 g/mol. The standard InChI is InChI=1S/C18H15ClO2/c1-20-18-10-13-4-2-3-5-15(13)17(21-18)16(11-18)12-6-8-14(19)9-7-12/h2-9,11,17H,10H2,1H3/t17-,18+/m1/s1. The van der Waals surface area contributed by atoms with E-state index < -0.39 is 5.79 Å². The molecule has 2 aliphatic heterocycles. The van der Waals surface area contributed by atoms with Crippen LogP contribution in [0, 0.1) is 0 Å². The zero-order chi connectivity index (χ0) is 14.4. The minimum Gasteiger partial charge on any atom is -0.349 e. The number of methoxy groups -OCH3 is 1. The first kappa shape index (κ1) is 13.1. The van der Waals surface area contributed by atoms with Crippen LogP contribution >= 0.6 is 11.6 Å². The van der Waals surface area contributed by atoms with Gasteiger partial charge in [-0.15, -0.1) is 0 Å². The molecule has 0 spiro atoms. The third kappa shape index (κ3) is 2.03. The summed E-state index contributed by atoms with van der Waals surface area (Å²) in [5.41, 5.74) is 4.79. The Kier molecular flexibility index (Phi) is 2.93. The Morgan fingerprint density at radius 2 is 1.90 bits per heavy atom. The fourth-order valence-corrected chi connectivity index (χ4v) is 3.33. The quantitative estimate of drug-likeness (QED) is 0.818. The van der Waals surface area contributed by atoms with E-state index in [1.165, 1.54) is 11.1 Å². The Balaban J connectivity index is 1.85. The molecule has 21 heavy (non-hydrogen) atoms. The summed E-state index contributed by atoms with van der Waals surface area (Å²) in [5.74, 6) is -0.645. The molecule has 2 aromatic carbocycles. The Bertz CT molecular complexity index is 720. The maximum absolute atomic E-state index is 6.21. The second-order valence-corrected chi connectivity index (χ2v) is 5.93. The van der Waals surface area contributed by atoms with E-state index in [2.05, 4.69) is 30.3 Å². The summed E-state index contributed by atoms with van der Waals surface area (Å²) < 4.78 is 11.9. The summed E-state index contributed by atoms with van der Waals surface area (Å²) in [7, 11) is 1.70. The Morgan fingerprint density at radius 3 is 2.67 bits per heavy atom. The maximum Gasteiger partial charge on any atom is 0.193 e. The van der Waals surface area contributed by atoms with Gasteiger partial charge in [-0.1, -0.05) is 48.0 Å². The summed E-state index contributed by atoms with van der Waals surface area (Å²) in [6, 6.07) is 16.3. The van der Waals surface area contributed by atoms with Crippen molar-refractivity contribution < 1.29 is 9.47 Å². The first-order valence-electron chi connectivity index (χ1n) is 7.00. The number of fused-ring (bicyclic) bond motifs is 4. The molecule has 2 atom stereocenters. The first-order chi connectivity index (χ1) is 10.2. The van der Waals surface area contributed by atoms with Gasteiger partial charge in [-0.05, 0) is 40.5 Å². The molecule has 0 radical (unpaired) electrons. The largest absolute Gasteiger partial charge is 0.349 e. The van der Waals surface area contributed by atoms with Crippen molar-refractivity contribution in [2.24, 2.45) is 0 Å². The van der Waals surface area contributed by atoms with Crippen LogP contribution in [0.2, 0.25) is 5.02 Å². The van der Waals surface area contributed by atoms with Crippen molar-refractivity contribution in [1.82, 2.24) is 0 Å². The molecule has 106 valence electrons. The molecule has 0 amide bonds. The van der Waals surface area contributed by atoms with Crippen molar-refractivity contribution in [3.63, 3.8) is 0 Å². The molecule has 2 aliphatic rings. The predicted octanol–water partition coefficient (Wildman–Crippen LogP) is 4.39. The van der Waals surface area contributed by atoms with E-state index in [1.54, 1.807) is 7.11 Å². The molecular formula is C18H15ClO2. The minimum absolute atomic E-state index is 0.0731. The highest BCUT2D eigenvalue weighted by atomic mass is 35.5. The first-order valence-corrected chi connectivity index (χ1v) is 7.38. The minimum atomic E-state index is -0.645. The smallest absolute Gasteiger partial charge is 0.193 e. The summed E-state index contributed by atoms with van der Waals surface area (Å²) >= 11 is 5.99. The molecule has 0 aliphatic carbocycles. The fourth-order valence-electron chi connectivity index (χ4n) is 3.21. The maximum atomic E-state index is 6.21. The van der Waals surface area contributed by atoms with E-state index in [0.29, 0.717) is 0 Å².